The summed E-state index contributed by atoms with van der Waals surface area (Å²) in [6.07, 6.45) is 0. The van der Waals surface area contributed by atoms with Crippen LogP contribution >= 0.6 is 11.3 Å². The molecular formula is C23H25N3O6S. The van der Waals surface area contributed by atoms with E-state index in [4.69, 9.17) is 14.2 Å². The number of hydrogen-bond acceptors (Lipinski definition) is 9. The van der Waals surface area contributed by atoms with Crippen molar-refractivity contribution in [2.75, 3.05) is 25.1 Å². The summed E-state index contributed by atoms with van der Waals surface area (Å²) in [4.78, 5) is 40.8. The van der Waals surface area contributed by atoms with Crippen molar-refractivity contribution in [3.05, 3.63) is 48.0 Å². The van der Waals surface area contributed by atoms with Crippen molar-refractivity contribution in [2.24, 2.45) is 0 Å². The zero-order valence-corrected chi connectivity index (χ0v) is 19.4. The standard InChI is InChI=1S/C23H25N3O6S/c1-4-30-21(28)20(22(29)31-5-2)26-19(27)13-32-15-10-11-16(14(3)12-15)24-23-25-17-8-6-7-9-18(17)33-23/h6-12,20H,4-5,13H2,1-3H3,(H,24,25)(H,26,27). The third-order valence-electron chi connectivity index (χ3n) is 4.45. The number of anilines is 2. The Kier molecular flexibility index (Phi) is 8.20. The van der Waals surface area contributed by atoms with Crippen LogP contribution in [0, 0.1) is 6.92 Å². The lowest BCUT2D eigenvalue weighted by atomic mass is 10.2. The number of esters is 2. The van der Waals surface area contributed by atoms with Gasteiger partial charge in [0.15, 0.2) is 11.7 Å². The number of amides is 1. The Bertz CT molecular complexity index is 1100. The van der Waals surface area contributed by atoms with Crippen LogP contribution < -0.4 is 15.4 Å². The van der Waals surface area contributed by atoms with Crippen LogP contribution in [0.2, 0.25) is 0 Å². The van der Waals surface area contributed by atoms with E-state index in [9.17, 15) is 14.4 Å². The number of rotatable bonds is 10. The minimum Gasteiger partial charge on any atom is -0.484 e. The molecular weight excluding hydrogens is 446 g/mol. The molecule has 0 bridgehead atoms. The van der Waals surface area contributed by atoms with Crippen LogP contribution in [0.1, 0.15) is 19.4 Å². The number of ether oxygens (including phenoxy) is 3. The molecule has 0 aliphatic heterocycles. The first-order valence-electron chi connectivity index (χ1n) is 10.4. The molecule has 0 atom stereocenters. The van der Waals surface area contributed by atoms with E-state index >= 15 is 0 Å². The fraction of sp³-hybridized carbons (Fsp3) is 0.304. The van der Waals surface area contributed by atoms with Gasteiger partial charge in [0.05, 0.1) is 23.4 Å². The van der Waals surface area contributed by atoms with E-state index in [0.717, 1.165) is 26.6 Å². The highest BCUT2D eigenvalue weighted by molar-refractivity contribution is 7.22. The smallest absolute Gasteiger partial charge is 0.340 e. The molecule has 9 nitrogen and oxygen atoms in total. The van der Waals surface area contributed by atoms with Gasteiger partial charge in [0.25, 0.3) is 5.91 Å². The number of hydrogen-bond donors (Lipinski definition) is 2. The highest BCUT2D eigenvalue weighted by Crippen LogP contribution is 2.30. The van der Waals surface area contributed by atoms with Crippen molar-refractivity contribution in [1.29, 1.82) is 0 Å². The minimum absolute atomic E-state index is 0.0672. The topological polar surface area (TPSA) is 116 Å². The molecule has 3 rings (SSSR count). The maximum atomic E-state index is 12.3. The van der Waals surface area contributed by atoms with Crippen LogP contribution in [-0.2, 0) is 23.9 Å². The van der Waals surface area contributed by atoms with Crippen molar-refractivity contribution < 1.29 is 28.6 Å². The summed E-state index contributed by atoms with van der Waals surface area (Å²) in [6, 6.07) is 11.7. The lowest BCUT2D eigenvalue weighted by Crippen LogP contribution is -2.49. The zero-order valence-electron chi connectivity index (χ0n) is 18.5. The molecule has 1 heterocycles. The van der Waals surface area contributed by atoms with Crippen molar-refractivity contribution >= 4 is 50.2 Å². The molecule has 2 aromatic carbocycles. The van der Waals surface area contributed by atoms with Crippen LogP contribution in [0.4, 0.5) is 10.8 Å². The molecule has 174 valence electrons. The number of thiazole rings is 1. The molecule has 1 aromatic heterocycles. The molecule has 0 aliphatic rings. The summed E-state index contributed by atoms with van der Waals surface area (Å²) in [5, 5.41) is 6.37. The highest BCUT2D eigenvalue weighted by atomic mass is 32.1. The molecule has 0 saturated carbocycles. The predicted molar refractivity (Wildman–Crippen MR) is 125 cm³/mol. The monoisotopic (exact) mass is 471 g/mol. The highest BCUT2D eigenvalue weighted by Gasteiger charge is 2.31. The largest absolute Gasteiger partial charge is 0.484 e. The minimum atomic E-state index is -1.54. The maximum Gasteiger partial charge on any atom is 0.340 e. The number of nitrogens with zero attached hydrogens (tertiary/aromatic N) is 1. The number of carbonyl (C=O) groups excluding carboxylic acids is 3. The van der Waals surface area contributed by atoms with Crippen molar-refractivity contribution in [3.8, 4) is 5.75 Å². The molecule has 0 saturated heterocycles. The fourth-order valence-corrected chi connectivity index (χ4v) is 3.80. The average Bonchev–Trinajstić information content (AvgIpc) is 3.20. The molecule has 3 aromatic rings. The molecule has 33 heavy (non-hydrogen) atoms. The van der Waals surface area contributed by atoms with Crippen LogP contribution in [0.5, 0.6) is 5.75 Å². The van der Waals surface area contributed by atoms with Crippen molar-refractivity contribution in [1.82, 2.24) is 10.3 Å². The second-order valence-corrected chi connectivity index (χ2v) is 7.91. The van der Waals surface area contributed by atoms with Crippen LogP contribution in [0.3, 0.4) is 0 Å². The Balaban J connectivity index is 1.59. The van der Waals surface area contributed by atoms with Gasteiger partial charge in [-0.1, -0.05) is 23.5 Å². The van der Waals surface area contributed by atoms with E-state index in [1.54, 1.807) is 37.3 Å². The number of aryl methyl sites for hydroxylation is 1. The normalized spacial score (nSPS) is 10.7. The van der Waals surface area contributed by atoms with Crippen LogP contribution in [0.15, 0.2) is 42.5 Å². The summed E-state index contributed by atoms with van der Waals surface area (Å²) >= 11 is 1.55. The van der Waals surface area contributed by atoms with Gasteiger partial charge in [-0.05, 0) is 56.7 Å². The molecule has 10 heteroatoms. The lowest BCUT2D eigenvalue weighted by molar-refractivity contribution is -0.159. The number of benzene rings is 2. The molecule has 0 fully saturated rings. The first-order chi connectivity index (χ1) is 15.9. The van der Waals surface area contributed by atoms with E-state index < -0.39 is 23.9 Å². The van der Waals surface area contributed by atoms with Crippen molar-refractivity contribution in [3.63, 3.8) is 0 Å². The van der Waals surface area contributed by atoms with E-state index in [2.05, 4.69) is 15.6 Å². The third-order valence-corrected chi connectivity index (χ3v) is 5.41. The molecule has 2 N–H and O–H groups in total. The average molecular weight is 472 g/mol. The summed E-state index contributed by atoms with van der Waals surface area (Å²) in [6.45, 7) is 4.85. The lowest BCUT2D eigenvalue weighted by Gasteiger charge is -2.16. The number of fused-ring (bicyclic) bond motifs is 1. The quantitative estimate of drug-likeness (QED) is 0.342. The van der Waals surface area contributed by atoms with Crippen LogP contribution in [0.25, 0.3) is 10.2 Å². The summed E-state index contributed by atoms with van der Waals surface area (Å²) in [5.74, 6) is -1.97. The van der Waals surface area contributed by atoms with E-state index in [0.29, 0.717) is 5.75 Å². The number of carbonyl (C=O) groups is 3. The van der Waals surface area contributed by atoms with Gasteiger partial charge in [-0.25, -0.2) is 14.6 Å². The summed E-state index contributed by atoms with van der Waals surface area (Å²) in [7, 11) is 0. The van der Waals surface area contributed by atoms with Gasteiger partial charge in [-0.2, -0.15) is 0 Å². The Morgan fingerprint density at radius 3 is 2.36 bits per heavy atom. The summed E-state index contributed by atoms with van der Waals surface area (Å²) < 4.78 is 16.3. The van der Waals surface area contributed by atoms with Gasteiger partial charge in [0.2, 0.25) is 6.04 Å². The third kappa shape index (κ3) is 6.42. The molecule has 0 unspecified atom stereocenters. The SMILES string of the molecule is CCOC(=O)C(NC(=O)COc1ccc(Nc2nc3ccccc3s2)c(C)c1)C(=O)OCC. The molecule has 0 radical (unpaired) electrons. The number of nitrogens with one attached hydrogen (secondary N) is 2. The molecule has 0 aliphatic carbocycles. The van der Waals surface area contributed by atoms with E-state index in [-0.39, 0.29) is 19.8 Å². The van der Waals surface area contributed by atoms with Gasteiger partial charge in [0.1, 0.15) is 5.75 Å². The van der Waals surface area contributed by atoms with Crippen molar-refractivity contribution in [2.45, 2.75) is 26.8 Å². The Morgan fingerprint density at radius 1 is 1.03 bits per heavy atom. The second kappa shape index (κ2) is 11.3. The number of para-hydroxylation sites is 1. The molecule has 0 spiro atoms. The van der Waals surface area contributed by atoms with Gasteiger partial charge < -0.3 is 24.8 Å². The van der Waals surface area contributed by atoms with Crippen LogP contribution in [-0.4, -0.2) is 48.7 Å². The second-order valence-electron chi connectivity index (χ2n) is 6.88. The van der Waals surface area contributed by atoms with E-state index in [1.165, 1.54) is 0 Å². The van der Waals surface area contributed by atoms with Gasteiger partial charge >= 0.3 is 11.9 Å². The summed E-state index contributed by atoms with van der Waals surface area (Å²) in [5.41, 5.74) is 2.68. The predicted octanol–water partition coefficient (Wildman–Crippen LogP) is 3.34. The van der Waals surface area contributed by atoms with Gasteiger partial charge in [0, 0.05) is 5.69 Å². The zero-order chi connectivity index (χ0) is 23.8. The molecule has 1 amide bonds. The Hall–Kier alpha value is -3.66. The first-order valence-corrected chi connectivity index (χ1v) is 11.2. The van der Waals surface area contributed by atoms with E-state index in [1.807, 2.05) is 37.3 Å². The van der Waals surface area contributed by atoms with Gasteiger partial charge in [-0.15, -0.1) is 0 Å². The Labute approximate surface area is 195 Å². The fourth-order valence-electron chi connectivity index (χ4n) is 2.92. The Morgan fingerprint density at radius 2 is 1.73 bits per heavy atom. The number of aromatic nitrogens is 1. The van der Waals surface area contributed by atoms with Gasteiger partial charge in [-0.3, -0.25) is 4.79 Å². The first kappa shape index (κ1) is 24.0. The maximum absolute atomic E-state index is 12.3.